The maximum absolute atomic E-state index is 9.90. The average molecular weight is 277 g/mol. The topological polar surface area (TPSA) is 23.5 Å². The molecule has 0 fully saturated rings. The van der Waals surface area contributed by atoms with Crippen LogP contribution in [0.25, 0.3) is 0 Å². The molecule has 0 aliphatic heterocycles. The van der Waals surface area contributed by atoms with E-state index in [4.69, 9.17) is 0 Å². The molecule has 0 bridgehead atoms. The molecule has 1 unspecified atom stereocenters. The molecule has 0 heterocycles. The zero-order chi connectivity index (χ0) is 15.4. The third-order valence-corrected chi connectivity index (χ3v) is 3.70. The number of hydrogen-bond acceptors (Lipinski definition) is 2. The van der Waals surface area contributed by atoms with E-state index in [9.17, 15) is 5.11 Å². The van der Waals surface area contributed by atoms with Crippen LogP contribution in [0.5, 0.6) is 0 Å². The number of aliphatic hydroxyl groups excluding tert-OH is 1. The monoisotopic (exact) mass is 277 g/mol. The smallest absolute Gasteiger partial charge is 0.0628 e. The maximum atomic E-state index is 9.90. The molecule has 114 valence electrons. The minimum atomic E-state index is 0.0362. The van der Waals surface area contributed by atoms with Gasteiger partial charge in [-0.25, -0.2) is 0 Å². The van der Waals surface area contributed by atoms with E-state index in [1.807, 2.05) is 18.2 Å². The van der Waals surface area contributed by atoms with Crippen LogP contribution in [-0.4, -0.2) is 28.7 Å². The van der Waals surface area contributed by atoms with E-state index in [-0.39, 0.29) is 18.2 Å². The molecule has 1 aromatic rings. The van der Waals surface area contributed by atoms with Crippen LogP contribution in [0.15, 0.2) is 30.3 Å². The molecule has 1 rings (SSSR count). The average Bonchev–Trinajstić information content (AvgIpc) is 2.32. The van der Waals surface area contributed by atoms with Crippen molar-refractivity contribution in [3.63, 3.8) is 0 Å². The van der Waals surface area contributed by atoms with Crippen LogP contribution in [0, 0.1) is 5.41 Å². The molecule has 0 amide bonds. The van der Waals surface area contributed by atoms with Crippen molar-refractivity contribution in [2.24, 2.45) is 5.41 Å². The summed E-state index contributed by atoms with van der Waals surface area (Å²) in [6.45, 7) is 14.6. The first-order chi connectivity index (χ1) is 9.15. The van der Waals surface area contributed by atoms with E-state index in [0.29, 0.717) is 5.41 Å². The molecular weight excluding hydrogens is 246 g/mol. The lowest BCUT2D eigenvalue weighted by atomic mass is 9.90. The first kappa shape index (κ1) is 17.2. The molecular formula is C18H31NO. The zero-order valence-corrected chi connectivity index (χ0v) is 14.0. The number of aliphatic hydroxyl groups is 1. The fourth-order valence-corrected chi connectivity index (χ4v) is 2.47. The third kappa shape index (κ3) is 5.26. The van der Waals surface area contributed by atoms with Gasteiger partial charge >= 0.3 is 0 Å². The summed E-state index contributed by atoms with van der Waals surface area (Å²) in [7, 11) is 0. The predicted octanol–water partition coefficient (Wildman–Crippen LogP) is 4.26. The summed E-state index contributed by atoms with van der Waals surface area (Å²) < 4.78 is 0. The number of benzene rings is 1. The van der Waals surface area contributed by atoms with Gasteiger partial charge < -0.3 is 5.11 Å². The summed E-state index contributed by atoms with van der Waals surface area (Å²) in [4.78, 5) is 2.42. The molecule has 1 N–H and O–H groups in total. The highest BCUT2D eigenvalue weighted by atomic mass is 16.3. The van der Waals surface area contributed by atoms with E-state index in [1.54, 1.807) is 0 Å². The van der Waals surface area contributed by atoms with Gasteiger partial charge in [0.2, 0.25) is 0 Å². The van der Waals surface area contributed by atoms with Crippen molar-refractivity contribution in [3.05, 3.63) is 35.9 Å². The van der Waals surface area contributed by atoms with Gasteiger partial charge in [0.05, 0.1) is 12.6 Å². The summed E-state index contributed by atoms with van der Waals surface area (Å²) >= 11 is 0. The van der Waals surface area contributed by atoms with Crippen molar-refractivity contribution < 1.29 is 5.11 Å². The lowest BCUT2D eigenvalue weighted by Crippen LogP contribution is -2.46. The van der Waals surface area contributed by atoms with Gasteiger partial charge in [-0.05, 0) is 44.7 Å². The quantitative estimate of drug-likeness (QED) is 0.869. The molecule has 0 saturated carbocycles. The molecule has 1 atom stereocenters. The van der Waals surface area contributed by atoms with Gasteiger partial charge in [-0.3, -0.25) is 4.90 Å². The Balaban J connectivity index is 2.97. The minimum absolute atomic E-state index is 0.0362. The Morgan fingerprint density at radius 3 is 1.95 bits per heavy atom. The van der Waals surface area contributed by atoms with Crippen LogP contribution in [0.4, 0.5) is 0 Å². The molecule has 0 aliphatic rings. The highest BCUT2D eigenvalue weighted by Gasteiger charge is 2.30. The van der Waals surface area contributed by atoms with Crippen molar-refractivity contribution >= 4 is 0 Å². The lowest BCUT2D eigenvalue weighted by molar-refractivity contribution is 0.0358. The molecule has 0 spiro atoms. The molecule has 0 aliphatic carbocycles. The summed E-state index contributed by atoms with van der Waals surface area (Å²) in [5, 5.41) is 9.90. The first-order valence-electron chi connectivity index (χ1n) is 7.58. The van der Waals surface area contributed by atoms with E-state index in [1.165, 1.54) is 5.56 Å². The Labute approximate surface area is 124 Å². The summed E-state index contributed by atoms with van der Waals surface area (Å²) in [6.07, 6.45) is 1.12. The minimum Gasteiger partial charge on any atom is -0.394 e. The Bertz CT molecular complexity index is 386. The molecule has 0 saturated heterocycles. The summed E-state index contributed by atoms with van der Waals surface area (Å²) in [5.74, 6) is 0. The van der Waals surface area contributed by atoms with Crippen molar-refractivity contribution in [1.82, 2.24) is 4.90 Å². The second kappa shape index (κ2) is 6.73. The molecule has 0 radical (unpaired) electrons. The van der Waals surface area contributed by atoms with Gasteiger partial charge in [-0.1, -0.05) is 51.1 Å². The molecule has 20 heavy (non-hydrogen) atoms. The first-order valence-corrected chi connectivity index (χ1v) is 7.58. The summed E-state index contributed by atoms with van der Waals surface area (Å²) in [5.41, 5.74) is 1.54. The highest BCUT2D eigenvalue weighted by Crippen LogP contribution is 2.30. The number of nitrogens with zero attached hydrogens (tertiary/aromatic N) is 1. The van der Waals surface area contributed by atoms with E-state index < -0.39 is 0 Å². The van der Waals surface area contributed by atoms with Gasteiger partial charge in [-0.2, -0.15) is 0 Å². The largest absolute Gasteiger partial charge is 0.394 e. The Kier molecular flexibility index (Phi) is 5.79. The number of rotatable bonds is 5. The second-order valence-electron chi connectivity index (χ2n) is 7.78. The van der Waals surface area contributed by atoms with Crippen LogP contribution in [0.3, 0.4) is 0 Å². The molecule has 0 aromatic heterocycles. The normalized spacial score (nSPS) is 14.6. The Morgan fingerprint density at radius 2 is 1.55 bits per heavy atom. The van der Waals surface area contributed by atoms with Crippen LogP contribution < -0.4 is 0 Å². The van der Waals surface area contributed by atoms with Gasteiger partial charge in [-0.15, -0.1) is 0 Å². The Morgan fingerprint density at radius 1 is 1.00 bits per heavy atom. The van der Waals surface area contributed by atoms with Crippen molar-refractivity contribution in [2.75, 3.05) is 13.2 Å². The van der Waals surface area contributed by atoms with Crippen LogP contribution in [-0.2, 0) is 0 Å². The van der Waals surface area contributed by atoms with Crippen molar-refractivity contribution in [2.45, 2.75) is 59.5 Å². The molecule has 2 nitrogen and oxygen atoms in total. The predicted molar refractivity (Wildman–Crippen MR) is 86.8 cm³/mol. The van der Waals surface area contributed by atoms with Gasteiger partial charge in [0.25, 0.3) is 0 Å². The Hall–Kier alpha value is -0.860. The molecule has 1 aromatic carbocycles. The fraction of sp³-hybridized carbons (Fsp3) is 0.667. The van der Waals surface area contributed by atoms with Crippen LogP contribution in [0.2, 0.25) is 0 Å². The van der Waals surface area contributed by atoms with Gasteiger partial charge in [0.15, 0.2) is 0 Å². The SMILES string of the molecule is CC(C)(C)CCN(C(CO)c1ccccc1)C(C)(C)C. The highest BCUT2D eigenvalue weighted by molar-refractivity contribution is 5.19. The van der Waals surface area contributed by atoms with Gasteiger partial charge in [0, 0.05) is 5.54 Å². The summed E-state index contributed by atoms with van der Waals surface area (Å²) in [6, 6.07) is 10.4. The third-order valence-electron chi connectivity index (χ3n) is 3.70. The number of hydrogen-bond donors (Lipinski definition) is 1. The zero-order valence-electron chi connectivity index (χ0n) is 14.0. The van der Waals surface area contributed by atoms with Crippen LogP contribution >= 0.6 is 0 Å². The maximum Gasteiger partial charge on any atom is 0.0628 e. The van der Waals surface area contributed by atoms with Crippen LogP contribution in [0.1, 0.15) is 59.6 Å². The fourth-order valence-electron chi connectivity index (χ4n) is 2.47. The lowest BCUT2D eigenvalue weighted by Gasteiger charge is -2.42. The van der Waals surface area contributed by atoms with Crippen molar-refractivity contribution in [3.8, 4) is 0 Å². The van der Waals surface area contributed by atoms with Gasteiger partial charge in [0.1, 0.15) is 0 Å². The second-order valence-corrected chi connectivity index (χ2v) is 7.78. The van der Waals surface area contributed by atoms with E-state index >= 15 is 0 Å². The van der Waals surface area contributed by atoms with E-state index in [2.05, 4.69) is 58.6 Å². The standard InChI is InChI=1S/C18H31NO/c1-17(2,3)12-13-19(18(4,5)6)16(14-20)15-10-8-7-9-11-15/h7-11,16,20H,12-14H2,1-6H3. The van der Waals surface area contributed by atoms with Crippen molar-refractivity contribution in [1.29, 1.82) is 0 Å². The van der Waals surface area contributed by atoms with E-state index in [0.717, 1.165) is 13.0 Å². The molecule has 2 heteroatoms.